The lowest BCUT2D eigenvalue weighted by atomic mass is 10.1. The molecule has 0 saturated carbocycles. The van der Waals surface area contributed by atoms with Crippen LogP contribution in [0.4, 0.5) is 5.69 Å². The van der Waals surface area contributed by atoms with Crippen molar-refractivity contribution in [2.45, 2.75) is 10.1 Å². The molecule has 2 aromatic heterocycles. The number of pyridine rings is 1. The van der Waals surface area contributed by atoms with Gasteiger partial charge in [-0.1, -0.05) is 0 Å². The largest absolute Gasteiger partial charge is 0.440 e. The predicted octanol–water partition coefficient (Wildman–Crippen LogP) is 3.28. The highest BCUT2D eigenvalue weighted by atomic mass is 32.2. The fraction of sp³-hybridized carbons (Fsp3) is 0. The maximum absolute atomic E-state index is 11.0. The Morgan fingerprint density at radius 2 is 2.11 bits per heavy atom. The molecule has 0 fully saturated rings. The van der Waals surface area contributed by atoms with Crippen molar-refractivity contribution in [2.75, 3.05) is 0 Å². The van der Waals surface area contributed by atoms with Gasteiger partial charge >= 0.3 is 0 Å². The lowest BCUT2D eigenvalue weighted by molar-refractivity contribution is -0.383. The highest BCUT2D eigenvalue weighted by Gasteiger charge is 2.15. The van der Waals surface area contributed by atoms with Crippen LogP contribution in [0.1, 0.15) is 0 Å². The predicted molar refractivity (Wildman–Crippen MR) is 69.0 cm³/mol. The van der Waals surface area contributed by atoms with Crippen molar-refractivity contribution in [2.24, 2.45) is 0 Å². The van der Waals surface area contributed by atoms with Crippen molar-refractivity contribution < 1.29 is 9.34 Å². The molecular formula is C12H7N3O3S. The number of hydrogen-bond donors (Lipinski definition) is 0. The van der Waals surface area contributed by atoms with Gasteiger partial charge in [-0.2, -0.15) is 0 Å². The zero-order chi connectivity index (χ0) is 13.2. The molecule has 1 aromatic carbocycles. The molecule has 0 amide bonds. The van der Waals surface area contributed by atoms with E-state index in [0.29, 0.717) is 10.6 Å². The van der Waals surface area contributed by atoms with Gasteiger partial charge in [0.1, 0.15) is 6.26 Å². The van der Waals surface area contributed by atoms with Gasteiger partial charge in [0.2, 0.25) is 0 Å². The van der Waals surface area contributed by atoms with Crippen molar-refractivity contribution >= 4 is 28.2 Å². The Morgan fingerprint density at radius 1 is 1.21 bits per heavy atom. The highest BCUT2D eigenvalue weighted by Crippen LogP contribution is 2.36. The van der Waals surface area contributed by atoms with Crippen molar-refractivity contribution in [1.82, 2.24) is 9.97 Å². The fourth-order valence-corrected chi connectivity index (χ4v) is 2.58. The molecule has 3 aromatic rings. The van der Waals surface area contributed by atoms with E-state index in [-0.39, 0.29) is 5.69 Å². The maximum atomic E-state index is 11.0. The summed E-state index contributed by atoms with van der Waals surface area (Å²) < 4.78 is 5.17. The normalized spacial score (nSPS) is 10.7. The lowest BCUT2D eigenvalue weighted by Crippen LogP contribution is -1.91. The van der Waals surface area contributed by atoms with Crippen LogP contribution in [0.2, 0.25) is 0 Å². The maximum Gasteiger partial charge on any atom is 0.278 e. The van der Waals surface area contributed by atoms with Crippen molar-refractivity contribution in [1.29, 1.82) is 0 Å². The molecule has 0 aliphatic heterocycles. The Hall–Kier alpha value is -2.41. The molecule has 6 nitrogen and oxygen atoms in total. The summed E-state index contributed by atoms with van der Waals surface area (Å²) in [6.07, 6.45) is 6.13. The van der Waals surface area contributed by atoms with Crippen LogP contribution < -0.4 is 0 Å². The number of rotatable bonds is 3. The molecule has 7 heteroatoms. The first-order valence-corrected chi connectivity index (χ1v) is 6.16. The summed E-state index contributed by atoms with van der Waals surface area (Å²) in [6.45, 7) is 0. The summed E-state index contributed by atoms with van der Waals surface area (Å²) in [6, 6.07) is 4.90. The van der Waals surface area contributed by atoms with Crippen LogP contribution in [-0.4, -0.2) is 14.9 Å². The molecule has 0 saturated heterocycles. The Morgan fingerprint density at radius 3 is 2.84 bits per heavy atom. The van der Waals surface area contributed by atoms with Gasteiger partial charge < -0.3 is 4.42 Å². The first kappa shape index (κ1) is 11.7. The third-order valence-corrected chi connectivity index (χ3v) is 3.51. The Bertz CT molecular complexity index is 743. The van der Waals surface area contributed by atoms with Crippen LogP contribution >= 0.6 is 11.8 Å². The third kappa shape index (κ3) is 2.15. The summed E-state index contributed by atoms with van der Waals surface area (Å²) in [5.74, 6) is 0. The quantitative estimate of drug-likeness (QED) is 0.538. The number of oxazole rings is 1. The molecule has 0 spiro atoms. The first-order chi connectivity index (χ1) is 9.25. The SMILES string of the molecule is O=[N+]([O-])c1ccc(Sc2ncco2)c2ccncc12. The molecule has 0 N–H and O–H groups in total. The summed E-state index contributed by atoms with van der Waals surface area (Å²) in [5, 5.41) is 12.7. The van der Waals surface area contributed by atoms with Gasteiger partial charge in [0.15, 0.2) is 0 Å². The van der Waals surface area contributed by atoms with Gasteiger partial charge in [-0.15, -0.1) is 0 Å². The summed E-state index contributed by atoms with van der Waals surface area (Å²) in [5.41, 5.74) is 0.0415. The zero-order valence-corrected chi connectivity index (χ0v) is 10.3. The van der Waals surface area contributed by atoms with Gasteiger partial charge in [-0.05, 0) is 23.9 Å². The van der Waals surface area contributed by atoms with Crippen molar-refractivity contribution in [3.8, 4) is 0 Å². The second-order valence-corrected chi connectivity index (χ2v) is 4.65. The second kappa shape index (κ2) is 4.69. The van der Waals surface area contributed by atoms with Gasteiger partial charge in [-0.25, -0.2) is 4.98 Å². The smallest absolute Gasteiger partial charge is 0.278 e. The van der Waals surface area contributed by atoms with Gasteiger partial charge in [0.05, 0.1) is 16.5 Å². The zero-order valence-electron chi connectivity index (χ0n) is 9.52. The molecule has 3 rings (SSSR count). The van der Waals surface area contributed by atoms with Crippen LogP contribution in [0.5, 0.6) is 0 Å². The molecule has 94 valence electrons. The number of nitro groups is 1. The fourth-order valence-electron chi connectivity index (χ4n) is 1.75. The monoisotopic (exact) mass is 273 g/mol. The third-order valence-electron chi connectivity index (χ3n) is 2.56. The van der Waals surface area contributed by atoms with Gasteiger partial charge in [-0.3, -0.25) is 15.1 Å². The number of nitrogens with zero attached hydrogens (tertiary/aromatic N) is 3. The molecule has 0 atom stereocenters. The number of benzene rings is 1. The average molecular weight is 273 g/mol. The Kier molecular flexibility index (Phi) is 2.88. The minimum Gasteiger partial charge on any atom is -0.440 e. The van der Waals surface area contributed by atoms with Crippen LogP contribution in [0.15, 0.2) is 57.6 Å². The van der Waals surface area contributed by atoms with E-state index in [1.165, 1.54) is 30.3 Å². The molecule has 0 aliphatic carbocycles. The number of fused-ring (bicyclic) bond motifs is 1. The lowest BCUT2D eigenvalue weighted by Gasteiger charge is -2.04. The molecular weight excluding hydrogens is 266 g/mol. The Labute approximate surface area is 111 Å². The first-order valence-electron chi connectivity index (χ1n) is 5.34. The van der Waals surface area contributed by atoms with Crippen LogP contribution in [-0.2, 0) is 0 Å². The minimum absolute atomic E-state index is 0.0415. The van der Waals surface area contributed by atoms with Crippen LogP contribution in [0.3, 0.4) is 0 Å². The van der Waals surface area contributed by atoms with E-state index >= 15 is 0 Å². The van der Waals surface area contributed by atoms with E-state index < -0.39 is 4.92 Å². The van der Waals surface area contributed by atoms with E-state index in [2.05, 4.69) is 9.97 Å². The minimum atomic E-state index is -0.413. The van der Waals surface area contributed by atoms with Crippen LogP contribution in [0, 0.1) is 10.1 Å². The van der Waals surface area contributed by atoms with E-state index in [4.69, 9.17) is 4.42 Å². The standard InChI is InChI=1S/C12H7N3O3S/c16-15(17)10-1-2-11(19-12-14-5-6-18-12)8-3-4-13-7-9(8)10/h1-7H. The second-order valence-electron chi connectivity index (χ2n) is 3.66. The summed E-state index contributed by atoms with van der Waals surface area (Å²) in [4.78, 5) is 19.4. The van der Waals surface area contributed by atoms with E-state index in [9.17, 15) is 10.1 Å². The molecule has 19 heavy (non-hydrogen) atoms. The highest BCUT2D eigenvalue weighted by molar-refractivity contribution is 7.99. The van der Waals surface area contributed by atoms with Gasteiger partial charge in [0, 0.05) is 28.7 Å². The van der Waals surface area contributed by atoms with Crippen molar-refractivity contribution in [3.05, 3.63) is 53.2 Å². The number of nitro benzene ring substituents is 1. The molecule has 0 bridgehead atoms. The molecule has 0 aliphatic rings. The summed E-state index contributed by atoms with van der Waals surface area (Å²) in [7, 11) is 0. The number of non-ortho nitro benzene ring substituents is 1. The average Bonchev–Trinajstić information content (AvgIpc) is 2.91. The van der Waals surface area contributed by atoms with Crippen molar-refractivity contribution in [3.63, 3.8) is 0 Å². The topological polar surface area (TPSA) is 82.1 Å². The number of aromatic nitrogens is 2. The van der Waals surface area contributed by atoms with E-state index in [1.807, 2.05) is 0 Å². The molecule has 0 radical (unpaired) electrons. The molecule has 2 heterocycles. The molecule has 0 unspecified atom stereocenters. The summed E-state index contributed by atoms with van der Waals surface area (Å²) >= 11 is 1.32. The van der Waals surface area contributed by atoms with Gasteiger partial charge in [0.25, 0.3) is 10.9 Å². The van der Waals surface area contributed by atoms with Crippen LogP contribution in [0.25, 0.3) is 10.8 Å². The van der Waals surface area contributed by atoms with E-state index in [1.54, 1.807) is 24.5 Å². The Balaban J connectivity index is 2.16. The van der Waals surface area contributed by atoms with E-state index in [0.717, 1.165) is 10.3 Å². The number of hydrogen-bond acceptors (Lipinski definition) is 6.